The number of hydrogen-bond acceptors (Lipinski definition) is 3. The van der Waals surface area contributed by atoms with Crippen LogP contribution in [-0.4, -0.2) is 18.8 Å². The van der Waals surface area contributed by atoms with Gasteiger partial charge in [-0.1, -0.05) is 6.42 Å². The van der Waals surface area contributed by atoms with E-state index in [0.29, 0.717) is 23.6 Å². The van der Waals surface area contributed by atoms with E-state index in [1.165, 1.54) is 24.8 Å². The summed E-state index contributed by atoms with van der Waals surface area (Å²) < 4.78 is 11.6. The molecule has 1 N–H and O–H groups in total. The average Bonchev–Trinajstić information content (AvgIpc) is 2.64. The fourth-order valence-electron chi connectivity index (χ4n) is 4.14. The highest BCUT2D eigenvalue weighted by Crippen LogP contribution is 2.57. The summed E-state index contributed by atoms with van der Waals surface area (Å²) in [5, 5.41) is 3.83. The Labute approximate surface area is 122 Å². The van der Waals surface area contributed by atoms with E-state index in [0.717, 1.165) is 24.5 Å². The molecule has 1 aromatic rings. The Kier molecular flexibility index (Phi) is 3.67. The Hall–Kier alpha value is -0.800. The molecular formula is C17H27NO2. The number of furan rings is 1. The fraction of sp³-hybridized carbons (Fsp3) is 0.765. The molecule has 1 spiro atoms. The molecule has 2 aliphatic rings. The molecule has 3 atom stereocenters. The van der Waals surface area contributed by atoms with E-state index in [-0.39, 0.29) is 0 Å². The number of aryl methyl sites for hydroxylation is 2. The van der Waals surface area contributed by atoms with Crippen LogP contribution >= 0.6 is 0 Å². The van der Waals surface area contributed by atoms with Gasteiger partial charge in [-0.25, -0.2) is 0 Å². The van der Waals surface area contributed by atoms with Crippen LogP contribution in [0.15, 0.2) is 10.5 Å². The fourth-order valence-corrected chi connectivity index (χ4v) is 4.14. The van der Waals surface area contributed by atoms with Gasteiger partial charge >= 0.3 is 0 Å². The van der Waals surface area contributed by atoms with Gasteiger partial charge in [0, 0.05) is 29.7 Å². The van der Waals surface area contributed by atoms with Crippen molar-refractivity contribution in [1.82, 2.24) is 5.32 Å². The minimum Gasteiger partial charge on any atom is -0.466 e. The normalized spacial score (nSPS) is 29.0. The van der Waals surface area contributed by atoms with Gasteiger partial charge in [0.25, 0.3) is 0 Å². The molecular weight excluding hydrogens is 250 g/mol. The number of hydrogen-bond donors (Lipinski definition) is 1. The second-order valence-corrected chi connectivity index (χ2v) is 6.58. The first kappa shape index (κ1) is 14.2. The summed E-state index contributed by atoms with van der Waals surface area (Å²) in [6, 6.07) is 3.13. The minimum atomic E-state index is 0.359. The van der Waals surface area contributed by atoms with Gasteiger partial charge in [0.15, 0.2) is 0 Å². The van der Waals surface area contributed by atoms with Crippen molar-refractivity contribution in [3.63, 3.8) is 0 Å². The van der Waals surface area contributed by atoms with Crippen LogP contribution in [0.3, 0.4) is 0 Å². The van der Waals surface area contributed by atoms with E-state index in [4.69, 9.17) is 9.15 Å². The van der Waals surface area contributed by atoms with Crippen LogP contribution in [-0.2, 0) is 4.74 Å². The standard InChI is InChI=1S/C17H27NO2/c1-5-19-16-10-15(17(16)7-6-8-17)18-12(3)14-9-11(2)20-13(14)4/h9,12,15-16,18H,5-8,10H2,1-4H3. The van der Waals surface area contributed by atoms with E-state index in [1.807, 2.05) is 6.92 Å². The highest BCUT2D eigenvalue weighted by atomic mass is 16.5. The Morgan fingerprint density at radius 3 is 2.70 bits per heavy atom. The first-order valence-corrected chi connectivity index (χ1v) is 8.01. The summed E-state index contributed by atoms with van der Waals surface area (Å²) >= 11 is 0. The van der Waals surface area contributed by atoms with Crippen molar-refractivity contribution in [2.45, 2.75) is 71.6 Å². The second-order valence-electron chi connectivity index (χ2n) is 6.58. The van der Waals surface area contributed by atoms with E-state index >= 15 is 0 Å². The lowest BCUT2D eigenvalue weighted by atomic mass is 9.51. The SMILES string of the molecule is CCOC1CC(NC(C)c2cc(C)oc2C)C12CCC2. The monoisotopic (exact) mass is 277 g/mol. The summed E-state index contributed by atoms with van der Waals surface area (Å²) in [4.78, 5) is 0. The van der Waals surface area contributed by atoms with Crippen molar-refractivity contribution in [1.29, 1.82) is 0 Å². The van der Waals surface area contributed by atoms with Crippen molar-refractivity contribution in [2.24, 2.45) is 5.41 Å². The molecule has 20 heavy (non-hydrogen) atoms. The quantitative estimate of drug-likeness (QED) is 0.886. The summed E-state index contributed by atoms with van der Waals surface area (Å²) in [6.45, 7) is 9.27. The number of nitrogens with one attached hydrogen (secondary N) is 1. The molecule has 2 saturated carbocycles. The Morgan fingerprint density at radius 1 is 1.45 bits per heavy atom. The molecule has 1 aromatic heterocycles. The number of rotatable bonds is 5. The smallest absolute Gasteiger partial charge is 0.105 e. The predicted molar refractivity (Wildman–Crippen MR) is 79.8 cm³/mol. The summed E-state index contributed by atoms with van der Waals surface area (Å²) in [7, 11) is 0. The van der Waals surface area contributed by atoms with E-state index < -0.39 is 0 Å². The van der Waals surface area contributed by atoms with Gasteiger partial charge in [0.1, 0.15) is 11.5 Å². The zero-order valence-electron chi connectivity index (χ0n) is 13.2. The third-order valence-electron chi connectivity index (χ3n) is 5.43. The molecule has 0 radical (unpaired) electrons. The summed E-state index contributed by atoms with van der Waals surface area (Å²) in [5.74, 6) is 2.05. The van der Waals surface area contributed by atoms with Gasteiger partial charge in [-0.2, -0.15) is 0 Å². The predicted octanol–water partition coefficient (Wildman–Crippen LogP) is 3.89. The molecule has 0 saturated heterocycles. The van der Waals surface area contributed by atoms with Crippen LogP contribution in [0.25, 0.3) is 0 Å². The first-order chi connectivity index (χ1) is 9.56. The maximum atomic E-state index is 5.92. The highest BCUT2D eigenvalue weighted by molar-refractivity contribution is 5.24. The lowest BCUT2D eigenvalue weighted by molar-refractivity contribution is -0.174. The lowest BCUT2D eigenvalue weighted by Gasteiger charge is -2.61. The minimum absolute atomic E-state index is 0.359. The van der Waals surface area contributed by atoms with Gasteiger partial charge in [0.05, 0.1) is 6.10 Å². The van der Waals surface area contributed by atoms with E-state index in [2.05, 4.69) is 32.2 Å². The molecule has 0 aromatic carbocycles. The van der Waals surface area contributed by atoms with Crippen LogP contribution in [0.2, 0.25) is 0 Å². The molecule has 2 aliphatic carbocycles. The van der Waals surface area contributed by atoms with E-state index in [1.54, 1.807) is 0 Å². The maximum absolute atomic E-state index is 5.92. The van der Waals surface area contributed by atoms with Gasteiger partial charge in [-0.15, -0.1) is 0 Å². The summed E-state index contributed by atoms with van der Waals surface area (Å²) in [6.07, 6.45) is 5.66. The molecule has 3 rings (SSSR count). The van der Waals surface area contributed by atoms with Gasteiger partial charge in [-0.3, -0.25) is 0 Å². The molecule has 1 heterocycles. The molecule has 0 aliphatic heterocycles. The van der Waals surface area contributed by atoms with Crippen LogP contribution in [0, 0.1) is 19.3 Å². The molecule has 0 bridgehead atoms. The average molecular weight is 277 g/mol. The van der Waals surface area contributed by atoms with Crippen molar-refractivity contribution in [3.8, 4) is 0 Å². The largest absolute Gasteiger partial charge is 0.466 e. The highest BCUT2D eigenvalue weighted by Gasteiger charge is 2.58. The van der Waals surface area contributed by atoms with Crippen molar-refractivity contribution in [2.75, 3.05) is 6.61 Å². The van der Waals surface area contributed by atoms with Gasteiger partial charge in [0.2, 0.25) is 0 Å². The van der Waals surface area contributed by atoms with Crippen molar-refractivity contribution < 1.29 is 9.15 Å². The van der Waals surface area contributed by atoms with Gasteiger partial charge < -0.3 is 14.5 Å². The first-order valence-electron chi connectivity index (χ1n) is 8.01. The molecule has 112 valence electrons. The van der Waals surface area contributed by atoms with Crippen molar-refractivity contribution >= 4 is 0 Å². The molecule has 2 fully saturated rings. The molecule has 0 amide bonds. The lowest BCUT2D eigenvalue weighted by Crippen LogP contribution is -2.67. The van der Waals surface area contributed by atoms with Crippen LogP contribution in [0.5, 0.6) is 0 Å². The summed E-state index contributed by atoms with van der Waals surface area (Å²) in [5.41, 5.74) is 1.73. The molecule has 3 unspecified atom stereocenters. The Balaban J connectivity index is 1.65. The third-order valence-corrected chi connectivity index (χ3v) is 5.43. The van der Waals surface area contributed by atoms with Gasteiger partial charge in [-0.05, 0) is 53.0 Å². The Bertz CT molecular complexity index is 475. The van der Waals surface area contributed by atoms with E-state index in [9.17, 15) is 0 Å². The topological polar surface area (TPSA) is 34.4 Å². The zero-order valence-corrected chi connectivity index (χ0v) is 13.2. The van der Waals surface area contributed by atoms with Crippen LogP contribution in [0.1, 0.15) is 62.7 Å². The third kappa shape index (κ3) is 2.11. The van der Waals surface area contributed by atoms with Crippen LogP contribution < -0.4 is 5.32 Å². The Morgan fingerprint density at radius 2 is 2.20 bits per heavy atom. The zero-order chi connectivity index (χ0) is 14.3. The maximum Gasteiger partial charge on any atom is 0.105 e. The second kappa shape index (κ2) is 5.19. The molecule has 3 heteroatoms. The molecule has 3 nitrogen and oxygen atoms in total. The van der Waals surface area contributed by atoms with Crippen LogP contribution in [0.4, 0.5) is 0 Å². The number of ether oxygens (including phenoxy) is 1. The van der Waals surface area contributed by atoms with Crippen molar-refractivity contribution in [3.05, 3.63) is 23.2 Å².